The van der Waals surface area contributed by atoms with E-state index in [-0.39, 0.29) is 16.8 Å². The van der Waals surface area contributed by atoms with Crippen LogP contribution in [0.25, 0.3) is 11.1 Å². The molecule has 2 aromatic carbocycles. The molecule has 0 unspecified atom stereocenters. The van der Waals surface area contributed by atoms with E-state index in [1.165, 1.54) is 7.11 Å². The summed E-state index contributed by atoms with van der Waals surface area (Å²) < 4.78 is 4.75. The number of carbonyl (C=O) groups is 1. The maximum absolute atomic E-state index is 11.6. The van der Waals surface area contributed by atoms with Crippen LogP contribution in [0, 0.1) is 0 Å². The van der Waals surface area contributed by atoms with Gasteiger partial charge in [-0.2, -0.15) is 0 Å². The number of benzene rings is 2. The van der Waals surface area contributed by atoms with E-state index in [0.717, 1.165) is 22.3 Å². The predicted octanol–water partition coefficient (Wildman–Crippen LogP) is 5.44. The van der Waals surface area contributed by atoms with Gasteiger partial charge in [0.15, 0.2) is 0 Å². The predicted molar refractivity (Wildman–Crippen MR) is 102 cm³/mol. The highest BCUT2D eigenvalue weighted by Crippen LogP contribution is 2.41. The minimum absolute atomic E-state index is 0.175. The summed E-state index contributed by atoms with van der Waals surface area (Å²) in [5.41, 5.74) is 4.06. The van der Waals surface area contributed by atoms with Crippen LogP contribution in [0.5, 0.6) is 5.75 Å². The van der Waals surface area contributed by atoms with Gasteiger partial charge in [0.2, 0.25) is 0 Å². The van der Waals surface area contributed by atoms with Crippen LogP contribution in [0.4, 0.5) is 0 Å². The zero-order valence-electron chi connectivity index (χ0n) is 16.2. The number of carbonyl (C=O) groups excluding carboxylic acids is 1. The number of rotatable bonds is 2. The van der Waals surface area contributed by atoms with Crippen molar-refractivity contribution >= 4 is 5.97 Å². The van der Waals surface area contributed by atoms with E-state index in [1.54, 1.807) is 12.1 Å². The van der Waals surface area contributed by atoms with Crippen molar-refractivity contribution in [2.24, 2.45) is 0 Å². The number of methoxy groups -OCH3 is 1. The second-order valence-corrected chi connectivity index (χ2v) is 8.49. The standard InChI is InChI=1S/C22H28O3/c1-21(2,3)17-12-16(13-18(19(17)23)22(4,5)6)14-8-10-15(11-9-14)20(24)25-7/h8-13,23H,1-7H3. The van der Waals surface area contributed by atoms with Gasteiger partial charge in [0.25, 0.3) is 0 Å². The van der Waals surface area contributed by atoms with E-state index in [1.807, 2.05) is 24.3 Å². The largest absolute Gasteiger partial charge is 0.507 e. The Labute approximate surface area is 150 Å². The third kappa shape index (κ3) is 4.04. The molecular formula is C22H28O3. The van der Waals surface area contributed by atoms with Gasteiger partial charge in [-0.1, -0.05) is 53.7 Å². The molecule has 3 heteroatoms. The normalized spacial score (nSPS) is 12.1. The molecule has 0 bridgehead atoms. The van der Waals surface area contributed by atoms with Crippen molar-refractivity contribution in [1.29, 1.82) is 0 Å². The van der Waals surface area contributed by atoms with E-state index < -0.39 is 0 Å². The molecule has 0 aliphatic carbocycles. The number of ether oxygens (including phenoxy) is 1. The molecule has 0 atom stereocenters. The van der Waals surface area contributed by atoms with Crippen LogP contribution in [-0.4, -0.2) is 18.2 Å². The summed E-state index contributed by atoms with van der Waals surface area (Å²) >= 11 is 0. The average Bonchev–Trinajstić information content (AvgIpc) is 2.52. The Hall–Kier alpha value is -2.29. The Morgan fingerprint density at radius 1 is 0.840 bits per heavy atom. The van der Waals surface area contributed by atoms with Crippen molar-refractivity contribution in [3.05, 3.63) is 53.1 Å². The molecule has 2 rings (SSSR count). The Morgan fingerprint density at radius 2 is 1.28 bits per heavy atom. The molecule has 2 aromatic rings. The molecule has 0 saturated carbocycles. The lowest BCUT2D eigenvalue weighted by Gasteiger charge is -2.28. The monoisotopic (exact) mass is 340 g/mol. The van der Waals surface area contributed by atoms with Crippen molar-refractivity contribution in [3.63, 3.8) is 0 Å². The van der Waals surface area contributed by atoms with Crippen LogP contribution in [0.1, 0.15) is 63.0 Å². The smallest absolute Gasteiger partial charge is 0.337 e. The molecule has 0 aromatic heterocycles. The van der Waals surface area contributed by atoms with E-state index in [9.17, 15) is 9.90 Å². The highest BCUT2D eigenvalue weighted by molar-refractivity contribution is 5.90. The molecule has 0 aliphatic heterocycles. The van der Waals surface area contributed by atoms with Crippen molar-refractivity contribution < 1.29 is 14.6 Å². The molecule has 3 nitrogen and oxygen atoms in total. The molecule has 1 N–H and O–H groups in total. The quantitative estimate of drug-likeness (QED) is 0.740. The lowest BCUT2D eigenvalue weighted by atomic mass is 9.77. The summed E-state index contributed by atoms with van der Waals surface area (Å²) in [5.74, 6) is 0.0259. The zero-order valence-corrected chi connectivity index (χ0v) is 16.2. The topological polar surface area (TPSA) is 46.5 Å². The lowest BCUT2D eigenvalue weighted by molar-refractivity contribution is 0.0600. The van der Waals surface area contributed by atoms with Crippen LogP contribution in [0.15, 0.2) is 36.4 Å². The summed E-state index contributed by atoms with van der Waals surface area (Å²) in [7, 11) is 1.38. The van der Waals surface area contributed by atoms with Gasteiger partial charge in [-0.3, -0.25) is 0 Å². The third-order valence-electron chi connectivity index (χ3n) is 4.37. The lowest BCUT2D eigenvalue weighted by Crippen LogP contribution is -2.17. The Balaban J connectivity index is 2.63. The van der Waals surface area contributed by atoms with Crippen molar-refractivity contribution in [2.75, 3.05) is 7.11 Å². The fourth-order valence-electron chi connectivity index (χ4n) is 2.86. The van der Waals surface area contributed by atoms with Gasteiger partial charge in [-0.15, -0.1) is 0 Å². The summed E-state index contributed by atoms with van der Waals surface area (Å²) in [5, 5.41) is 10.8. The van der Waals surface area contributed by atoms with Crippen LogP contribution in [0.2, 0.25) is 0 Å². The van der Waals surface area contributed by atoms with Gasteiger partial charge in [0.1, 0.15) is 5.75 Å². The Morgan fingerprint density at radius 3 is 1.64 bits per heavy atom. The third-order valence-corrected chi connectivity index (χ3v) is 4.37. The summed E-state index contributed by atoms with van der Waals surface area (Å²) in [6, 6.07) is 11.4. The van der Waals surface area contributed by atoms with Gasteiger partial charge in [-0.25, -0.2) is 4.79 Å². The van der Waals surface area contributed by atoms with Gasteiger partial charge >= 0.3 is 5.97 Å². The SMILES string of the molecule is COC(=O)c1ccc(-c2cc(C(C)(C)C)c(O)c(C(C)(C)C)c2)cc1. The van der Waals surface area contributed by atoms with Crippen LogP contribution in [-0.2, 0) is 15.6 Å². The van der Waals surface area contributed by atoms with E-state index in [2.05, 4.69) is 41.5 Å². The molecule has 0 radical (unpaired) electrons. The van der Waals surface area contributed by atoms with Crippen LogP contribution in [0.3, 0.4) is 0 Å². The fraction of sp³-hybridized carbons (Fsp3) is 0.409. The highest BCUT2D eigenvalue weighted by atomic mass is 16.5. The van der Waals surface area contributed by atoms with Crippen molar-refractivity contribution in [1.82, 2.24) is 0 Å². The Bertz CT molecular complexity index is 737. The number of aromatic hydroxyl groups is 1. The highest BCUT2D eigenvalue weighted by Gasteiger charge is 2.26. The molecule has 0 heterocycles. The van der Waals surface area contributed by atoms with Gasteiger partial charge in [0.05, 0.1) is 12.7 Å². The van der Waals surface area contributed by atoms with Crippen LogP contribution < -0.4 is 0 Å². The van der Waals surface area contributed by atoms with Crippen LogP contribution >= 0.6 is 0 Å². The first kappa shape index (κ1) is 19.0. The summed E-state index contributed by atoms with van der Waals surface area (Å²) in [6.45, 7) is 12.6. The van der Waals surface area contributed by atoms with E-state index in [4.69, 9.17) is 4.74 Å². The molecule has 25 heavy (non-hydrogen) atoms. The number of hydrogen-bond acceptors (Lipinski definition) is 3. The van der Waals surface area contributed by atoms with Gasteiger partial charge in [0, 0.05) is 11.1 Å². The molecule has 0 saturated heterocycles. The molecule has 0 aliphatic rings. The fourth-order valence-corrected chi connectivity index (χ4v) is 2.86. The first-order valence-corrected chi connectivity index (χ1v) is 8.52. The first-order chi connectivity index (χ1) is 11.4. The summed E-state index contributed by atoms with van der Waals surface area (Å²) in [6.07, 6.45) is 0. The number of esters is 1. The zero-order chi connectivity index (χ0) is 19.0. The minimum atomic E-state index is -0.344. The van der Waals surface area contributed by atoms with E-state index in [0.29, 0.717) is 11.3 Å². The molecule has 0 amide bonds. The van der Waals surface area contributed by atoms with Gasteiger partial charge < -0.3 is 9.84 Å². The molecular weight excluding hydrogens is 312 g/mol. The Kier molecular flexibility index (Phi) is 4.99. The van der Waals surface area contributed by atoms with Crippen molar-refractivity contribution in [2.45, 2.75) is 52.4 Å². The van der Waals surface area contributed by atoms with Crippen molar-refractivity contribution in [3.8, 4) is 16.9 Å². The van der Waals surface area contributed by atoms with E-state index >= 15 is 0 Å². The average molecular weight is 340 g/mol. The molecule has 0 spiro atoms. The maximum Gasteiger partial charge on any atom is 0.337 e. The number of hydrogen-bond donors (Lipinski definition) is 1. The summed E-state index contributed by atoms with van der Waals surface area (Å²) in [4.78, 5) is 11.6. The second-order valence-electron chi connectivity index (χ2n) is 8.49. The number of phenols is 1. The first-order valence-electron chi connectivity index (χ1n) is 8.52. The molecule has 134 valence electrons. The maximum atomic E-state index is 11.6. The molecule has 0 fully saturated rings. The minimum Gasteiger partial charge on any atom is -0.507 e. The second kappa shape index (κ2) is 6.55. The number of phenolic OH excluding ortho intramolecular Hbond substituents is 1. The van der Waals surface area contributed by atoms with Gasteiger partial charge in [-0.05, 0) is 46.2 Å².